The summed E-state index contributed by atoms with van der Waals surface area (Å²) in [5.41, 5.74) is -0.283. The Labute approximate surface area is 183 Å². The van der Waals surface area contributed by atoms with Gasteiger partial charge >= 0.3 is 0 Å². The van der Waals surface area contributed by atoms with Crippen molar-refractivity contribution in [3.05, 3.63) is 64.1 Å². The predicted molar refractivity (Wildman–Crippen MR) is 114 cm³/mol. The van der Waals surface area contributed by atoms with E-state index in [1.54, 1.807) is 0 Å². The van der Waals surface area contributed by atoms with Crippen molar-refractivity contribution in [2.24, 2.45) is 0 Å². The van der Waals surface area contributed by atoms with E-state index in [0.717, 1.165) is 25.7 Å². The lowest BCUT2D eigenvalue weighted by molar-refractivity contribution is 0.0940. The molecule has 3 aromatic rings. The van der Waals surface area contributed by atoms with E-state index in [9.17, 15) is 19.1 Å². The Morgan fingerprint density at radius 1 is 1.38 bits per heavy atom. The summed E-state index contributed by atoms with van der Waals surface area (Å²) in [7, 11) is 0. The summed E-state index contributed by atoms with van der Waals surface area (Å²) in [6.45, 7) is 4.49. The lowest BCUT2D eigenvalue weighted by atomic mass is 9.78. The van der Waals surface area contributed by atoms with E-state index in [1.807, 2.05) is 6.92 Å². The Kier molecular flexibility index (Phi) is 5.77. The molecule has 9 nitrogen and oxygen atoms in total. The molecule has 0 fully saturated rings. The molecule has 168 valence electrons. The van der Waals surface area contributed by atoms with Crippen molar-refractivity contribution in [1.82, 2.24) is 29.6 Å². The highest BCUT2D eigenvalue weighted by Gasteiger charge is 2.36. The van der Waals surface area contributed by atoms with Crippen molar-refractivity contribution in [3.8, 4) is 11.4 Å². The number of aromatic nitrogens is 5. The van der Waals surface area contributed by atoms with Gasteiger partial charge in [-0.3, -0.25) is 14.2 Å². The molecule has 0 bridgehead atoms. The van der Waals surface area contributed by atoms with E-state index in [1.165, 1.54) is 40.1 Å². The third-order valence-electron chi connectivity index (χ3n) is 5.96. The van der Waals surface area contributed by atoms with Gasteiger partial charge in [0.25, 0.3) is 11.5 Å². The van der Waals surface area contributed by atoms with Crippen LogP contribution in [0.15, 0.2) is 35.6 Å². The highest BCUT2D eigenvalue weighted by Crippen LogP contribution is 2.36. The van der Waals surface area contributed by atoms with Crippen LogP contribution in [0.1, 0.15) is 61.4 Å². The molecule has 10 heteroatoms. The fourth-order valence-corrected chi connectivity index (χ4v) is 4.41. The molecular formula is C22H25FN6O3. The van der Waals surface area contributed by atoms with E-state index >= 15 is 0 Å². The van der Waals surface area contributed by atoms with Crippen LogP contribution in [0.4, 0.5) is 4.39 Å². The van der Waals surface area contributed by atoms with Gasteiger partial charge < -0.3 is 10.4 Å². The van der Waals surface area contributed by atoms with E-state index in [0.29, 0.717) is 23.6 Å². The number of rotatable bonds is 6. The summed E-state index contributed by atoms with van der Waals surface area (Å²) >= 11 is 0. The van der Waals surface area contributed by atoms with Crippen molar-refractivity contribution in [3.63, 3.8) is 0 Å². The molecule has 0 radical (unpaired) electrons. The monoisotopic (exact) mass is 440 g/mol. The van der Waals surface area contributed by atoms with Gasteiger partial charge in [0.2, 0.25) is 5.75 Å². The minimum atomic E-state index is -0.707. The molecule has 0 saturated carbocycles. The maximum atomic E-state index is 13.8. The maximum absolute atomic E-state index is 13.8. The second-order valence-electron chi connectivity index (χ2n) is 8.30. The molecule has 0 spiro atoms. The quantitative estimate of drug-likeness (QED) is 0.609. The van der Waals surface area contributed by atoms with Crippen LogP contribution < -0.4 is 10.9 Å². The minimum Gasteiger partial charge on any atom is -0.501 e. The average molecular weight is 440 g/mol. The van der Waals surface area contributed by atoms with E-state index in [2.05, 4.69) is 27.3 Å². The van der Waals surface area contributed by atoms with Crippen LogP contribution in [-0.2, 0) is 18.5 Å². The van der Waals surface area contributed by atoms with Gasteiger partial charge in [-0.1, -0.05) is 20.3 Å². The van der Waals surface area contributed by atoms with E-state index < -0.39 is 23.0 Å². The third-order valence-corrected chi connectivity index (χ3v) is 5.96. The lowest BCUT2D eigenvalue weighted by Gasteiger charge is -2.35. The number of aromatic hydroxyl groups is 1. The first-order valence-electron chi connectivity index (χ1n) is 10.6. The third kappa shape index (κ3) is 3.88. The molecule has 1 unspecified atom stereocenters. The van der Waals surface area contributed by atoms with Crippen molar-refractivity contribution in [1.29, 1.82) is 0 Å². The van der Waals surface area contributed by atoms with Crippen molar-refractivity contribution < 1.29 is 14.3 Å². The van der Waals surface area contributed by atoms with Crippen LogP contribution in [-0.4, -0.2) is 35.3 Å². The summed E-state index contributed by atoms with van der Waals surface area (Å²) in [4.78, 5) is 34.0. The molecule has 1 amide bonds. The molecule has 2 aromatic heterocycles. The molecule has 3 heterocycles. The number of carbonyl (C=O) groups excluding carboxylic acids is 1. The predicted octanol–water partition coefficient (Wildman–Crippen LogP) is 2.45. The normalized spacial score (nSPS) is 17.7. The number of nitrogens with one attached hydrogen (secondary N) is 1. The Balaban J connectivity index is 1.65. The van der Waals surface area contributed by atoms with Crippen molar-refractivity contribution in [2.45, 2.75) is 58.0 Å². The number of amides is 1. The standard InChI is InChI=1S/C22H25FN6O3/c1-3-7-22(2)8-4-9-28-20(32)18(30)17(27-21(22)28)19(31)25-11-14-10-15(23)5-6-16(14)29-13-24-12-26-29/h5-6,10,12-13,30H,3-4,7-9,11H2,1-2H3,(H,25,31). The van der Waals surface area contributed by atoms with Crippen LogP contribution in [0.25, 0.3) is 5.69 Å². The fraction of sp³-hybridized carbons (Fsp3) is 0.409. The van der Waals surface area contributed by atoms with Crippen LogP contribution in [0, 0.1) is 5.82 Å². The molecular weight excluding hydrogens is 415 g/mol. The molecule has 2 N–H and O–H groups in total. The Morgan fingerprint density at radius 2 is 2.19 bits per heavy atom. The van der Waals surface area contributed by atoms with Gasteiger partial charge in [0.1, 0.15) is 24.3 Å². The molecule has 4 rings (SSSR count). The number of hydrogen-bond donors (Lipinski definition) is 2. The van der Waals surface area contributed by atoms with Crippen LogP contribution in [0.2, 0.25) is 0 Å². The first kappa shape index (κ1) is 21.7. The van der Waals surface area contributed by atoms with Crippen molar-refractivity contribution in [2.75, 3.05) is 0 Å². The smallest absolute Gasteiger partial charge is 0.296 e. The first-order chi connectivity index (χ1) is 15.3. The summed E-state index contributed by atoms with van der Waals surface area (Å²) in [6, 6.07) is 4.10. The summed E-state index contributed by atoms with van der Waals surface area (Å²) in [5, 5.41) is 17.1. The van der Waals surface area contributed by atoms with Crippen LogP contribution >= 0.6 is 0 Å². The number of halogens is 1. The average Bonchev–Trinajstić information content (AvgIpc) is 3.30. The van der Waals surface area contributed by atoms with Gasteiger partial charge in [-0.2, -0.15) is 5.10 Å². The van der Waals surface area contributed by atoms with Gasteiger partial charge in [0.05, 0.1) is 5.69 Å². The summed E-state index contributed by atoms with van der Waals surface area (Å²) < 4.78 is 16.8. The molecule has 0 saturated heterocycles. The SMILES string of the molecule is CCCC1(C)CCCn2c1nc(C(=O)NCc1cc(F)ccc1-n1cncn1)c(O)c2=O. The first-order valence-corrected chi connectivity index (χ1v) is 10.6. The Bertz CT molecular complexity index is 1210. The number of hydrogen-bond acceptors (Lipinski definition) is 6. The Morgan fingerprint density at radius 3 is 2.91 bits per heavy atom. The van der Waals surface area contributed by atoms with E-state index in [4.69, 9.17) is 0 Å². The molecule has 32 heavy (non-hydrogen) atoms. The molecule has 1 aromatic carbocycles. The van der Waals surface area contributed by atoms with Gasteiger partial charge in [-0.05, 0) is 43.0 Å². The number of benzene rings is 1. The van der Waals surface area contributed by atoms with Gasteiger partial charge in [0.15, 0.2) is 5.69 Å². The second-order valence-corrected chi connectivity index (χ2v) is 8.30. The topological polar surface area (TPSA) is 115 Å². The lowest BCUT2D eigenvalue weighted by Crippen LogP contribution is -2.40. The number of fused-ring (bicyclic) bond motifs is 1. The highest BCUT2D eigenvalue weighted by molar-refractivity contribution is 5.94. The minimum absolute atomic E-state index is 0.0580. The van der Waals surface area contributed by atoms with E-state index in [-0.39, 0.29) is 17.7 Å². The maximum Gasteiger partial charge on any atom is 0.296 e. The molecule has 1 aliphatic heterocycles. The molecule has 1 atom stereocenters. The van der Waals surface area contributed by atoms with Gasteiger partial charge in [0, 0.05) is 18.5 Å². The fourth-order valence-electron chi connectivity index (χ4n) is 4.41. The zero-order valence-corrected chi connectivity index (χ0v) is 18.0. The van der Waals surface area contributed by atoms with Crippen molar-refractivity contribution >= 4 is 5.91 Å². The molecule has 1 aliphatic rings. The number of carbonyl (C=O) groups is 1. The molecule has 0 aliphatic carbocycles. The van der Waals surface area contributed by atoms with Crippen LogP contribution in [0.3, 0.4) is 0 Å². The Hall–Kier alpha value is -3.56. The zero-order valence-electron chi connectivity index (χ0n) is 18.0. The van der Waals surface area contributed by atoms with Crippen LogP contribution in [0.5, 0.6) is 5.75 Å². The highest BCUT2D eigenvalue weighted by atomic mass is 19.1. The van der Waals surface area contributed by atoms with Gasteiger partial charge in [-0.25, -0.2) is 19.0 Å². The largest absolute Gasteiger partial charge is 0.501 e. The van der Waals surface area contributed by atoms with Gasteiger partial charge in [-0.15, -0.1) is 0 Å². The second kappa shape index (κ2) is 8.52. The zero-order chi connectivity index (χ0) is 22.9. The summed E-state index contributed by atoms with van der Waals surface area (Å²) in [5.74, 6) is -1.34. The summed E-state index contributed by atoms with van der Waals surface area (Å²) in [6.07, 6.45) is 6.19. The number of nitrogens with zero attached hydrogens (tertiary/aromatic N) is 5.